The van der Waals surface area contributed by atoms with Gasteiger partial charge in [0.25, 0.3) is 0 Å². The highest BCUT2D eigenvalue weighted by Crippen LogP contribution is 2.39. The number of hydrogen-bond acceptors (Lipinski definition) is 2. The summed E-state index contributed by atoms with van der Waals surface area (Å²) < 4.78 is 1.21. The smallest absolute Gasteiger partial charge is 0.221 e. The Kier molecular flexibility index (Phi) is 5.44. The minimum atomic E-state index is -0.141. The van der Waals surface area contributed by atoms with Crippen LogP contribution in [0, 0.1) is 0 Å². The minimum absolute atomic E-state index is 0.122. The third-order valence-electron chi connectivity index (χ3n) is 3.78. The molecule has 0 spiro atoms. The van der Waals surface area contributed by atoms with Crippen LogP contribution in [0.2, 0.25) is 0 Å². The van der Waals surface area contributed by atoms with Crippen molar-refractivity contribution in [3.63, 3.8) is 0 Å². The van der Waals surface area contributed by atoms with Gasteiger partial charge in [-0.15, -0.1) is 0 Å². The molecule has 4 heteroatoms. The Morgan fingerprint density at radius 2 is 1.95 bits per heavy atom. The molecule has 21 heavy (non-hydrogen) atoms. The number of rotatable bonds is 5. The highest BCUT2D eigenvalue weighted by molar-refractivity contribution is 9.10. The zero-order chi connectivity index (χ0) is 15.5. The maximum absolute atomic E-state index is 11.7. The quantitative estimate of drug-likeness (QED) is 0.849. The number of halogens is 1. The summed E-state index contributed by atoms with van der Waals surface area (Å²) in [5.74, 6) is 0.762. The Morgan fingerprint density at radius 1 is 1.29 bits per heavy atom. The summed E-state index contributed by atoms with van der Waals surface area (Å²) in [5.41, 5.74) is 1.26. The van der Waals surface area contributed by atoms with Crippen LogP contribution in [0.3, 0.4) is 0 Å². The second kappa shape index (κ2) is 6.93. The number of benzene rings is 1. The van der Waals surface area contributed by atoms with Gasteiger partial charge in [0.05, 0.1) is 0 Å². The normalized spacial score (nSPS) is 21.7. The summed E-state index contributed by atoms with van der Waals surface area (Å²) in [6.45, 7) is 6.78. The molecule has 2 N–H and O–H groups in total. The number of carbonyl (C=O) groups is 1. The van der Waals surface area contributed by atoms with Crippen molar-refractivity contribution >= 4 is 21.8 Å². The van der Waals surface area contributed by atoms with Crippen molar-refractivity contribution < 1.29 is 4.79 Å². The minimum Gasteiger partial charge on any atom is -0.351 e. The van der Waals surface area contributed by atoms with Gasteiger partial charge in [0.15, 0.2) is 0 Å². The fourth-order valence-corrected chi connectivity index (χ4v) is 3.32. The van der Waals surface area contributed by atoms with E-state index in [-0.39, 0.29) is 11.4 Å². The van der Waals surface area contributed by atoms with E-state index in [0.717, 1.165) is 19.4 Å². The van der Waals surface area contributed by atoms with Crippen LogP contribution in [-0.4, -0.2) is 24.0 Å². The summed E-state index contributed by atoms with van der Waals surface area (Å²) >= 11 is 3.62. The summed E-state index contributed by atoms with van der Waals surface area (Å²) in [7, 11) is 0. The lowest BCUT2D eigenvalue weighted by Crippen LogP contribution is -2.44. The molecule has 0 atom stereocenters. The average Bonchev–Trinajstić information content (AvgIpc) is 2.31. The van der Waals surface area contributed by atoms with Crippen molar-refractivity contribution in [2.24, 2.45) is 0 Å². The molecule has 0 bridgehead atoms. The van der Waals surface area contributed by atoms with Gasteiger partial charge in [-0.25, -0.2) is 0 Å². The average molecular weight is 353 g/mol. The fourth-order valence-electron chi connectivity index (χ4n) is 2.72. The van der Waals surface area contributed by atoms with Crippen LogP contribution in [0.25, 0.3) is 0 Å². The monoisotopic (exact) mass is 352 g/mol. The summed E-state index contributed by atoms with van der Waals surface area (Å²) in [6.07, 6.45) is 2.86. The molecule has 0 unspecified atom stereocenters. The molecular weight excluding hydrogens is 328 g/mol. The van der Waals surface area contributed by atoms with E-state index >= 15 is 0 Å². The van der Waals surface area contributed by atoms with Crippen LogP contribution >= 0.6 is 15.9 Å². The van der Waals surface area contributed by atoms with E-state index in [1.807, 2.05) is 20.8 Å². The Hall–Kier alpha value is -0.870. The highest BCUT2D eigenvalue weighted by Gasteiger charge is 2.30. The summed E-state index contributed by atoms with van der Waals surface area (Å²) in [4.78, 5) is 11.7. The van der Waals surface area contributed by atoms with E-state index in [1.54, 1.807) is 0 Å². The molecule has 0 radical (unpaired) electrons. The van der Waals surface area contributed by atoms with Crippen LogP contribution in [-0.2, 0) is 4.79 Å². The van der Waals surface area contributed by atoms with Crippen molar-refractivity contribution in [3.05, 3.63) is 34.3 Å². The number of carbonyl (C=O) groups excluding carboxylic acids is 1. The molecule has 0 aliphatic heterocycles. The third kappa shape index (κ3) is 5.11. The fraction of sp³-hybridized carbons (Fsp3) is 0.588. The molecule has 1 fully saturated rings. The zero-order valence-corrected chi connectivity index (χ0v) is 14.7. The Labute approximate surface area is 136 Å². The lowest BCUT2D eigenvalue weighted by Gasteiger charge is -2.37. The van der Waals surface area contributed by atoms with E-state index in [4.69, 9.17) is 0 Å². The van der Waals surface area contributed by atoms with Gasteiger partial charge < -0.3 is 10.6 Å². The van der Waals surface area contributed by atoms with Gasteiger partial charge in [-0.3, -0.25) is 4.79 Å². The Bertz CT molecular complexity index is 490. The van der Waals surface area contributed by atoms with Gasteiger partial charge in [0.2, 0.25) is 5.91 Å². The second-order valence-corrected chi connectivity index (χ2v) is 7.74. The van der Waals surface area contributed by atoms with Crippen LogP contribution in [0.1, 0.15) is 51.5 Å². The van der Waals surface area contributed by atoms with E-state index in [1.165, 1.54) is 10.0 Å². The van der Waals surface area contributed by atoms with Gasteiger partial charge in [0, 0.05) is 29.0 Å². The lowest BCUT2D eigenvalue weighted by molar-refractivity contribution is -0.122. The van der Waals surface area contributed by atoms with E-state index < -0.39 is 0 Å². The predicted octanol–water partition coefficient (Wildman–Crippen LogP) is 3.59. The van der Waals surface area contributed by atoms with Crippen molar-refractivity contribution in [1.82, 2.24) is 10.6 Å². The molecular formula is C17H25BrN2O. The van der Waals surface area contributed by atoms with Crippen molar-refractivity contribution in [3.8, 4) is 0 Å². The largest absolute Gasteiger partial charge is 0.351 e. The second-order valence-electron chi connectivity index (χ2n) is 6.89. The molecule has 0 saturated heterocycles. The van der Waals surface area contributed by atoms with Crippen molar-refractivity contribution in [1.29, 1.82) is 0 Å². The molecule has 1 aliphatic carbocycles. The van der Waals surface area contributed by atoms with Gasteiger partial charge in [0.1, 0.15) is 0 Å². The zero-order valence-electron chi connectivity index (χ0n) is 13.1. The molecule has 1 amide bonds. The van der Waals surface area contributed by atoms with Crippen LogP contribution in [0.4, 0.5) is 0 Å². The first-order valence-electron chi connectivity index (χ1n) is 7.64. The molecule has 1 aromatic rings. The van der Waals surface area contributed by atoms with E-state index in [2.05, 4.69) is 50.8 Å². The predicted molar refractivity (Wildman–Crippen MR) is 90.4 cm³/mol. The molecule has 1 saturated carbocycles. The summed E-state index contributed by atoms with van der Waals surface area (Å²) in [5, 5.41) is 6.46. The third-order valence-corrected chi connectivity index (χ3v) is 4.50. The highest BCUT2D eigenvalue weighted by atomic mass is 79.9. The van der Waals surface area contributed by atoms with Gasteiger partial charge in [-0.05, 0) is 51.2 Å². The van der Waals surface area contributed by atoms with Crippen molar-refractivity contribution in [2.45, 2.75) is 57.5 Å². The van der Waals surface area contributed by atoms with Gasteiger partial charge >= 0.3 is 0 Å². The van der Waals surface area contributed by atoms with Crippen LogP contribution in [0.5, 0.6) is 0 Å². The molecule has 3 nitrogen and oxygen atoms in total. The Morgan fingerprint density at radius 3 is 2.57 bits per heavy atom. The molecule has 1 aromatic carbocycles. The van der Waals surface area contributed by atoms with Crippen LogP contribution in [0.15, 0.2) is 28.7 Å². The molecule has 0 aromatic heterocycles. The number of amides is 1. The molecule has 1 aliphatic rings. The molecule has 2 rings (SSSR count). The number of hydrogen-bond donors (Lipinski definition) is 2. The van der Waals surface area contributed by atoms with Crippen molar-refractivity contribution in [2.75, 3.05) is 6.54 Å². The van der Waals surface area contributed by atoms with Crippen LogP contribution < -0.4 is 10.6 Å². The topological polar surface area (TPSA) is 41.1 Å². The maximum Gasteiger partial charge on any atom is 0.221 e. The van der Waals surface area contributed by atoms with Gasteiger partial charge in [-0.2, -0.15) is 0 Å². The van der Waals surface area contributed by atoms with E-state index in [0.29, 0.717) is 18.4 Å². The number of nitrogens with one attached hydrogen (secondary N) is 2. The first kappa shape index (κ1) is 16.5. The maximum atomic E-state index is 11.7. The first-order chi connectivity index (χ1) is 9.85. The lowest BCUT2D eigenvalue weighted by atomic mass is 9.76. The standard InChI is InChI=1S/C17H25BrN2O/c1-17(2,3)20-16(21)8-9-19-13-10-12(11-13)14-6-4-5-7-15(14)18/h4-7,12-13,19H,8-11H2,1-3H3,(H,20,21). The first-order valence-corrected chi connectivity index (χ1v) is 8.43. The summed E-state index contributed by atoms with van der Waals surface area (Å²) in [6, 6.07) is 8.99. The van der Waals surface area contributed by atoms with E-state index in [9.17, 15) is 4.79 Å². The molecule has 0 heterocycles. The Balaban J connectivity index is 1.65. The SMILES string of the molecule is CC(C)(C)NC(=O)CCNC1CC(c2ccccc2Br)C1. The van der Waals surface area contributed by atoms with Gasteiger partial charge in [-0.1, -0.05) is 34.1 Å². The molecule has 116 valence electrons.